The van der Waals surface area contributed by atoms with Crippen LogP contribution in [0.1, 0.15) is 35.1 Å². The Bertz CT molecular complexity index is 1250. The smallest absolute Gasteiger partial charge is 0.405 e. The molecule has 2 aromatic rings. The second-order valence-corrected chi connectivity index (χ2v) is 10.7. The SMILES string of the molecule is Cc1ccc(C2(c3ccc(C)cc3)C3CC(B4OCCO4)=CC=C3C3=CC=C(B4OCO4)CC32)cc1. The highest BCUT2D eigenvalue weighted by molar-refractivity contribution is 6.55. The molecule has 0 aromatic heterocycles. The van der Waals surface area contributed by atoms with Gasteiger partial charge in [-0.2, -0.15) is 0 Å². The van der Waals surface area contributed by atoms with Gasteiger partial charge >= 0.3 is 14.2 Å². The minimum absolute atomic E-state index is 0.220. The van der Waals surface area contributed by atoms with Crippen LogP contribution in [0.4, 0.5) is 0 Å². The maximum absolute atomic E-state index is 5.96. The highest BCUT2D eigenvalue weighted by atomic mass is 16.8. The van der Waals surface area contributed by atoms with Gasteiger partial charge in [-0.15, -0.1) is 0 Å². The van der Waals surface area contributed by atoms with Crippen molar-refractivity contribution in [1.29, 1.82) is 0 Å². The Kier molecular flexibility index (Phi) is 5.48. The summed E-state index contributed by atoms with van der Waals surface area (Å²) in [6, 6.07) is 18.5. The van der Waals surface area contributed by atoms with Gasteiger partial charge in [-0.1, -0.05) is 84.0 Å². The molecule has 2 aromatic carbocycles. The summed E-state index contributed by atoms with van der Waals surface area (Å²) >= 11 is 0. The molecule has 0 bridgehead atoms. The number of hydrogen-bond acceptors (Lipinski definition) is 4. The van der Waals surface area contributed by atoms with Gasteiger partial charge in [-0.3, -0.25) is 0 Å². The maximum Gasteiger partial charge on any atom is 0.492 e. The first-order valence-electron chi connectivity index (χ1n) is 13.1. The van der Waals surface area contributed by atoms with Gasteiger partial charge in [0.2, 0.25) is 0 Å². The van der Waals surface area contributed by atoms with Gasteiger partial charge in [-0.25, -0.2) is 0 Å². The van der Waals surface area contributed by atoms with Crippen LogP contribution >= 0.6 is 0 Å². The Morgan fingerprint density at radius 1 is 0.611 bits per heavy atom. The van der Waals surface area contributed by atoms with Crippen LogP contribution < -0.4 is 0 Å². The highest BCUT2D eigenvalue weighted by Crippen LogP contribution is 2.64. The molecule has 2 atom stereocenters. The van der Waals surface area contributed by atoms with Crippen molar-refractivity contribution in [3.8, 4) is 0 Å². The Labute approximate surface area is 214 Å². The van der Waals surface area contributed by atoms with Gasteiger partial charge in [-0.05, 0) is 59.9 Å². The summed E-state index contributed by atoms with van der Waals surface area (Å²) in [6.45, 7) is 6.03. The van der Waals surface area contributed by atoms with Gasteiger partial charge in [0.1, 0.15) is 6.79 Å². The van der Waals surface area contributed by atoms with Gasteiger partial charge in [0.25, 0.3) is 0 Å². The van der Waals surface area contributed by atoms with Crippen molar-refractivity contribution in [2.75, 3.05) is 20.0 Å². The number of hydrogen-bond donors (Lipinski definition) is 0. The van der Waals surface area contributed by atoms with E-state index in [1.807, 2.05) is 0 Å². The molecule has 0 N–H and O–H groups in total. The third kappa shape index (κ3) is 3.39. The molecule has 0 radical (unpaired) electrons. The molecule has 2 unspecified atom stereocenters. The minimum Gasteiger partial charge on any atom is -0.405 e. The van der Waals surface area contributed by atoms with E-state index in [-0.39, 0.29) is 31.5 Å². The van der Waals surface area contributed by atoms with Crippen molar-refractivity contribution in [2.45, 2.75) is 32.1 Å². The lowest BCUT2D eigenvalue weighted by Gasteiger charge is -2.44. The molecule has 1 saturated carbocycles. The van der Waals surface area contributed by atoms with E-state index in [1.165, 1.54) is 44.3 Å². The van der Waals surface area contributed by atoms with Gasteiger partial charge in [0.15, 0.2) is 0 Å². The van der Waals surface area contributed by atoms with Gasteiger partial charge in [0, 0.05) is 17.3 Å². The molecular formula is C30H30B2O4. The predicted octanol–water partition coefficient (Wildman–Crippen LogP) is 5.45. The van der Waals surface area contributed by atoms with E-state index in [2.05, 4.69) is 86.7 Å². The van der Waals surface area contributed by atoms with Crippen molar-refractivity contribution in [1.82, 2.24) is 0 Å². The number of benzene rings is 2. The molecule has 4 nitrogen and oxygen atoms in total. The van der Waals surface area contributed by atoms with Crippen molar-refractivity contribution < 1.29 is 18.6 Å². The second kappa shape index (κ2) is 8.74. The van der Waals surface area contributed by atoms with Crippen LogP contribution in [0.3, 0.4) is 0 Å². The molecule has 2 aliphatic heterocycles. The summed E-state index contributed by atoms with van der Waals surface area (Å²) in [5.41, 5.74) is 10.4. The molecule has 180 valence electrons. The Hall–Kier alpha value is -2.63. The third-order valence-corrected chi connectivity index (χ3v) is 8.74. The summed E-state index contributed by atoms with van der Waals surface area (Å²) in [5, 5.41) is 0. The first-order chi connectivity index (χ1) is 17.6. The fourth-order valence-electron chi connectivity index (χ4n) is 7.01. The first kappa shape index (κ1) is 22.6. The van der Waals surface area contributed by atoms with Crippen LogP contribution in [-0.2, 0) is 24.0 Å². The lowest BCUT2D eigenvalue weighted by atomic mass is 9.55. The molecule has 2 heterocycles. The average Bonchev–Trinajstić information content (AvgIpc) is 3.49. The van der Waals surface area contributed by atoms with E-state index in [0.29, 0.717) is 20.0 Å². The van der Waals surface area contributed by atoms with Crippen LogP contribution in [0.2, 0.25) is 0 Å². The van der Waals surface area contributed by atoms with Crippen LogP contribution in [0.25, 0.3) is 0 Å². The Morgan fingerprint density at radius 3 is 1.47 bits per heavy atom. The lowest BCUT2D eigenvalue weighted by molar-refractivity contribution is -0.00798. The van der Waals surface area contributed by atoms with Crippen LogP contribution in [0.15, 0.2) is 94.9 Å². The van der Waals surface area contributed by atoms with Crippen LogP contribution in [0.5, 0.6) is 0 Å². The number of aryl methyl sites for hydroxylation is 2. The largest absolute Gasteiger partial charge is 0.492 e. The number of allylic oxidation sites excluding steroid dienone is 8. The summed E-state index contributed by atoms with van der Waals surface area (Å²) < 4.78 is 23.4. The summed E-state index contributed by atoms with van der Waals surface area (Å²) in [6.07, 6.45) is 11.0. The van der Waals surface area contributed by atoms with E-state index < -0.39 is 0 Å². The van der Waals surface area contributed by atoms with Crippen molar-refractivity contribution in [3.05, 3.63) is 117 Å². The zero-order chi connectivity index (χ0) is 24.3. The lowest BCUT2D eigenvalue weighted by Crippen LogP contribution is -2.43. The quantitative estimate of drug-likeness (QED) is 0.550. The average molecular weight is 476 g/mol. The maximum atomic E-state index is 5.96. The fourth-order valence-corrected chi connectivity index (χ4v) is 7.01. The standard InChI is InChI=1S/C30H30B2O4/c1-20-3-7-22(8-4-20)30(23-9-5-21(2)6-10-23)28-17-24(31-33-15-16-34-31)11-13-26(28)27-14-12-25(18-29(27)30)32-35-19-36-32/h3-14,28-29H,15-19H2,1-2H3. The third-order valence-electron chi connectivity index (χ3n) is 8.74. The minimum atomic E-state index is -0.237. The fraction of sp³-hybridized carbons (Fsp3) is 0.333. The summed E-state index contributed by atoms with van der Waals surface area (Å²) in [7, 11) is -0.458. The topological polar surface area (TPSA) is 36.9 Å². The van der Waals surface area contributed by atoms with Gasteiger partial charge < -0.3 is 18.6 Å². The molecular weight excluding hydrogens is 446 g/mol. The number of fused-ring (bicyclic) bond motifs is 3. The predicted molar refractivity (Wildman–Crippen MR) is 142 cm³/mol. The van der Waals surface area contributed by atoms with Crippen LogP contribution in [0, 0.1) is 25.7 Å². The molecule has 5 aliphatic rings. The Morgan fingerprint density at radius 2 is 1.06 bits per heavy atom. The summed E-state index contributed by atoms with van der Waals surface area (Å²) in [4.78, 5) is 0. The van der Waals surface area contributed by atoms with Crippen LogP contribution in [-0.4, -0.2) is 34.2 Å². The molecule has 0 amide bonds. The van der Waals surface area contributed by atoms with E-state index in [4.69, 9.17) is 18.6 Å². The van der Waals surface area contributed by atoms with E-state index >= 15 is 0 Å². The summed E-state index contributed by atoms with van der Waals surface area (Å²) in [5.74, 6) is 0.563. The van der Waals surface area contributed by atoms with Gasteiger partial charge in [0.05, 0.1) is 13.2 Å². The second-order valence-electron chi connectivity index (χ2n) is 10.7. The van der Waals surface area contributed by atoms with Crippen molar-refractivity contribution in [3.63, 3.8) is 0 Å². The van der Waals surface area contributed by atoms with E-state index in [1.54, 1.807) is 0 Å². The monoisotopic (exact) mass is 476 g/mol. The molecule has 3 aliphatic carbocycles. The zero-order valence-electron chi connectivity index (χ0n) is 20.9. The molecule has 3 fully saturated rings. The van der Waals surface area contributed by atoms with Crippen molar-refractivity contribution >= 4 is 14.2 Å². The molecule has 36 heavy (non-hydrogen) atoms. The normalized spacial score (nSPS) is 26.4. The van der Waals surface area contributed by atoms with E-state index in [0.717, 1.165) is 12.8 Å². The molecule has 2 saturated heterocycles. The number of rotatable bonds is 4. The molecule has 0 spiro atoms. The van der Waals surface area contributed by atoms with E-state index in [9.17, 15) is 0 Å². The zero-order valence-corrected chi connectivity index (χ0v) is 20.9. The van der Waals surface area contributed by atoms with Crippen molar-refractivity contribution in [2.24, 2.45) is 11.8 Å². The molecule has 7 rings (SSSR count). The molecule has 6 heteroatoms. The Balaban J connectivity index is 1.44. The first-order valence-corrected chi connectivity index (χ1v) is 13.1. The highest BCUT2D eigenvalue weighted by Gasteiger charge is 2.59.